The predicted molar refractivity (Wildman–Crippen MR) is 204 cm³/mol. The molecule has 0 unspecified atom stereocenters. The lowest BCUT2D eigenvalue weighted by Crippen LogP contribution is -2.14. The number of rotatable bonds is 2. The Hall–Kier alpha value is -5.64. The van der Waals surface area contributed by atoms with E-state index < -0.39 is 0 Å². The van der Waals surface area contributed by atoms with Crippen LogP contribution in [0.3, 0.4) is 0 Å². The van der Waals surface area contributed by atoms with Crippen molar-refractivity contribution in [3.05, 3.63) is 151 Å². The fourth-order valence-corrected chi connectivity index (χ4v) is 9.80. The maximum atomic E-state index is 6.72. The molecule has 0 radical (unpaired) electrons. The molecule has 0 atom stereocenters. The Bertz CT molecular complexity index is 2990. The molecule has 0 amide bonds. The maximum Gasteiger partial charge on any atom is 0.137 e. The van der Waals surface area contributed by atoms with Crippen LogP contribution in [0.4, 0.5) is 0 Å². The van der Waals surface area contributed by atoms with E-state index in [2.05, 4.69) is 158 Å². The van der Waals surface area contributed by atoms with Gasteiger partial charge in [0.15, 0.2) is 0 Å². The Morgan fingerprint density at radius 2 is 1.25 bits per heavy atom. The highest BCUT2D eigenvalue weighted by atomic mass is 32.1. The number of fused-ring (bicyclic) bond motifs is 13. The Balaban J connectivity index is 1.14. The predicted octanol–water partition coefficient (Wildman–Crippen LogP) is 13.0. The number of para-hydroxylation sites is 1. The highest BCUT2D eigenvalue weighted by molar-refractivity contribution is 7.26. The van der Waals surface area contributed by atoms with Crippen LogP contribution < -0.4 is 0 Å². The van der Waals surface area contributed by atoms with Gasteiger partial charge in [-0.2, -0.15) is 0 Å². The lowest BCUT2D eigenvalue weighted by molar-refractivity contribution is 0.660. The van der Waals surface area contributed by atoms with Gasteiger partial charge in [-0.15, -0.1) is 11.3 Å². The largest absolute Gasteiger partial charge is 0.456 e. The summed E-state index contributed by atoms with van der Waals surface area (Å²) in [6.07, 6.45) is 0. The summed E-state index contributed by atoms with van der Waals surface area (Å²) >= 11 is 1.87. The fourth-order valence-electron chi connectivity index (χ4n) is 8.56. The Labute approximate surface area is 281 Å². The van der Waals surface area contributed by atoms with Crippen LogP contribution in [0.25, 0.3) is 91.9 Å². The third-order valence-electron chi connectivity index (χ3n) is 10.8. The minimum Gasteiger partial charge on any atom is -0.456 e. The minimum atomic E-state index is -0.0675. The molecule has 3 aromatic heterocycles. The van der Waals surface area contributed by atoms with Crippen LogP contribution in [0.2, 0.25) is 0 Å². The Kier molecular flexibility index (Phi) is 5.09. The van der Waals surface area contributed by atoms with E-state index in [0.717, 1.165) is 27.6 Å². The minimum absolute atomic E-state index is 0.0675. The molecule has 1 aliphatic carbocycles. The zero-order valence-electron chi connectivity index (χ0n) is 26.5. The molecule has 0 fully saturated rings. The van der Waals surface area contributed by atoms with E-state index in [0.29, 0.717) is 0 Å². The first-order chi connectivity index (χ1) is 23.6. The second-order valence-corrected chi connectivity index (χ2v) is 14.7. The molecule has 0 saturated heterocycles. The van der Waals surface area contributed by atoms with E-state index >= 15 is 0 Å². The lowest BCUT2D eigenvalue weighted by atomic mass is 9.82. The average molecular weight is 632 g/mol. The third kappa shape index (κ3) is 3.36. The summed E-state index contributed by atoms with van der Waals surface area (Å²) < 4.78 is 11.8. The number of thiophene rings is 1. The number of aromatic nitrogens is 1. The first-order valence-corrected chi connectivity index (χ1v) is 17.4. The lowest BCUT2D eigenvalue weighted by Gasteiger charge is -2.21. The van der Waals surface area contributed by atoms with Crippen LogP contribution >= 0.6 is 11.3 Å². The zero-order chi connectivity index (χ0) is 31.7. The van der Waals surface area contributed by atoms with Crippen molar-refractivity contribution in [1.29, 1.82) is 0 Å². The van der Waals surface area contributed by atoms with Gasteiger partial charge in [-0.05, 0) is 64.2 Å². The van der Waals surface area contributed by atoms with E-state index in [9.17, 15) is 0 Å². The molecule has 10 aromatic rings. The van der Waals surface area contributed by atoms with Gasteiger partial charge in [0.25, 0.3) is 0 Å². The van der Waals surface area contributed by atoms with Gasteiger partial charge in [0.1, 0.15) is 11.2 Å². The van der Waals surface area contributed by atoms with Gasteiger partial charge >= 0.3 is 0 Å². The molecule has 226 valence electrons. The maximum absolute atomic E-state index is 6.72. The standard InChI is InChI=1S/C45H29NOS/c1-45(2)36-15-6-3-12-35(36)42-37(45)23-22-33-29-10-4-7-16-38(29)46(43(33)42)27-19-21-31-30-20-18-26(24-39(30)47-40(31)25-27)28-13-9-14-34-32-11-5-8-17-41(32)48-44(28)34/h3-25H,1-2H3. The number of furan rings is 1. The van der Waals surface area contributed by atoms with Crippen molar-refractivity contribution in [2.75, 3.05) is 0 Å². The molecule has 0 saturated carbocycles. The number of hydrogen-bond acceptors (Lipinski definition) is 2. The molecule has 7 aromatic carbocycles. The Morgan fingerprint density at radius 3 is 2.17 bits per heavy atom. The zero-order valence-corrected chi connectivity index (χ0v) is 27.4. The van der Waals surface area contributed by atoms with Gasteiger partial charge in [0.05, 0.1) is 11.0 Å². The van der Waals surface area contributed by atoms with Crippen LogP contribution in [0.5, 0.6) is 0 Å². The van der Waals surface area contributed by atoms with Crippen molar-refractivity contribution >= 4 is 75.3 Å². The second kappa shape index (κ2) is 9.25. The number of nitrogens with zero attached hydrogens (tertiary/aromatic N) is 1. The van der Waals surface area contributed by atoms with Gasteiger partial charge in [0, 0.05) is 64.4 Å². The van der Waals surface area contributed by atoms with E-state index in [1.54, 1.807) is 0 Å². The van der Waals surface area contributed by atoms with Gasteiger partial charge in [-0.25, -0.2) is 0 Å². The fraction of sp³-hybridized carbons (Fsp3) is 0.0667. The summed E-state index contributed by atoms with van der Waals surface area (Å²) in [5, 5.41) is 7.45. The molecule has 0 spiro atoms. The van der Waals surface area contributed by atoms with Crippen LogP contribution in [-0.4, -0.2) is 4.57 Å². The molecule has 0 bridgehead atoms. The van der Waals surface area contributed by atoms with Crippen LogP contribution in [0.15, 0.2) is 144 Å². The number of benzene rings is 7. The summed E-state index contributed by atoms with van der Waals surface area (Å²) in [7, 11) is 0. The summed E-state index contributed by atoms with van der Waals surface area (Å²) in [6, 6.07) is 51.2. The van der Waals surface area contributed by atoms with Crippen molar-refractivity contribution in [2.45, 2.75) is 19.3 Å². The Morgan fingerprint density at radius 1 is 0.542 bits per heavy atom. The monoisotopic (exact) mass is 631 g/mol. The van der Waals surface area contributed by atoms with Crippen LogP contribution in [-0.2, 0) is 5.41 Å². The molecule has 11 rings (SSSR count). The average Bonchev–Trinajstić information content (AvgIpc) is 3.84. The summed E-state index contributed by atoms with van der Waals surface area (Å²) in [6.45, 7) is 4.71. The van der Waals surface area contributed by atoms with Gasteiger partial charge < -0.3 is 8.98 Å². The topological polar surface area (TPSA) is 18.1 Å². The van der Waals surface area contributed by atoms with Crippen LogP contribution in [0, 0.1) is 0 Å². The normalized spacial score (nSPS) is 13.8. The van der Waals surface area contributed by atoms with Crippen molar-refractivity contribution in [1.82, 2.24) is 4.57 Å². The van der Waals surface area contributed by atoms with Gasteiger partial charge in [0.2, 0.25) is 0 Å². The summed E-state index contributed by atoms with van der Waals surface area (Å²) in [4.78, 5) is 0. The quantitative estimate of drug-likeness (QED) is 0.186. The highest BCUT2D eigenvalue weighted by Gasteiger charge is 2.37. The highest BCUT2D eigenvalue weighted by Crippen LogP contribution is 2.53. The second-order valence-electron chi connectivity index (χ2n) is 13.7. The van der Waals surface area contributed by atoms with Crippen molar-refractivity contribution in [3.63, 3.8) is 0 Å². The van der Waals surface area contributed by atoms with E-state index in [1.807, 2.05) is 11.3 Å². The van der Waals surface area contributed by atoms with Gasteiger partial charge in [-0.3, -0.25) is 0 Å². The molecule has 0 aliphatic heterocycles. The molecule has 48 heavy (non-hydrogen) atoms. The molecule has 3 heteroatoms. The molecule has 0 N–H and O–H groups in total. The smallest absolute Gasteiger partial charge is 0.137 e. The van der Waals surface area contributed by atoms with E-state index in [1.165, 1.54) is 75.4 Å². The van der Waals surface area contributed by atoms with Crippen molar-refractivity contribution in [2.24, 2.45) is 0 Å². The SMILES string of the molecule is CC1(C)c2ccccc2-c2c1ccc1c3ccccc3n(-c3ccc4c(c3)oc3cc(-c5cccc6c5sc5ccccc56)ccc34)c21. The van der Waals surface area contributed by atoms with Crippen molar-refractivity contribution in [3.8, 4) is 27.9 Å². The van der Waals surface area contributed by atoms with Gasteiger partial charge in [-0.1, -0.05) is 111 Å². The molecule has 2 nitrogen and oxygen atoms in total. The first-order valence-electron chi connectivity index (χ1n) is 16.6. The van der Waals surface area contributed by atoms with Crippen molar-refractivity contribution < 1.29 is 4.42 Å². The molecule has 3 heterocycles. The molecular formula is C45H29NOS. The van der Waals surface area contributed by atoms with E-state index in [-0.39, 0.29) is 5.41 Å². The van der Waals surface area contributed by atoms with E-state index in [4.69, 9.17) is 4.42 Å². The summed E-state index contributed by atoms with van der Waals surface area (Å²) in [5.74, 6) is 0. The number of hydrogen-bond donors (Lipinski definition) is 0. The molecule has 1 aliphatic rings. The summed E-state index contributed by atoms with van der Waals surface area (Å²) in [5.41, 5.74) is 13.2. The van der Waals surface area contributed by atoms with Crippen LogP contribution in [0.1, 0.15) is 25.0 Å². The third-order valence-corrected chi connectivity index (χ3v) is 12.0. The first kappa shape index (κ1) is 26.4. The molecular weight excluding hydrogens is 603 g/mol.